The van der Waals surface area contributed by atoms with Crippen LogP contribution in [0.5, 0.6) is 0 Å². The second-order valence-corrected chi connectivity index (χ2v) is 7.73. The van der Waals surface area contributed by atoms with Crippen LogP contribution in [0.3, 0.4) is 0 Å². The Morgan fingerprint density at radius 3 is 2.85 bits per heavy atom. The van der Waals surface area contributed by atoms with E-state index in [1.54, 1.807) is 11.6 Å². The van der Waals surface area contributed by atoms with Crippen LogP contribution in [0.25, 0.3) is 0 Å². The number of aromatic nitrogens is 2. The Labute approximate surface area is 126 Å². The van der Waals surface area contributed by atoms with Gasteiger partial charge in [-0.1, -0.05) is 40.2 Å². The van der Waals surface area contributed by atoms with Gasteiger partial charge in [-0.15, -0.1) is 0 Å². The van der Waals surface area contributed by atoms with Crippen molar-refractivity contribution >= 4 is 26.0 Å². The maximum Gasteiger partial charge on any atom is 0.260 e. The van der Waals surface area contributed by atoms with Gasteiger partial charge in [-0.25, -0.2) is 18.1 Å². The van der Waals surface area contributed by atoms with Crippen molar-refractivity contribution in [2.45, 2.75) is 22.3 Å². The molecule has 1 aromatic heterocycles. The van der Waals surface area contributed by atoms with Gasteiger partial charge in [0.1, 0.15) is 0 Å². The fraction of sp³-hybridized carbons (Fsp3) is 0.308. The Balaban J connectivity index is 1.92. The number of rotatable bonds is 3. The van der Waals surface area contributed by atoms with Crippen molar-refractivity contribution < 1.29 is 8.42 Å². The molecule has 1 N–H and O–H groups in total. The van der Waals surface area contributed by atoms with Crippen molar-refractivity contribution in [3.63, 3.8) is 0 Å². The zero-order chi connectivity index (χ0) is 14.3. The second kappa shape index (κ2) is 4.98. The minimum atomic E-state index is -3.61. The lowest BCUT2D eigenvalue weighted by Gasteiger charge is -2.16. The molecule has 0 aliphatic heterocycles. The monoisotopic (exact) mass is 355 g/mol. The van der Waals surface area contributed by atoms with E-state index in [0.717, 1.165) is 12.0 Å². The summed E-state index contributed by atoms with van der Waals surface area (Å²) in [6, 6.07) is 7.61. The molecule has 0 spiro atoms. The van der Waals surface area contributed by atoms with Crippen molar-refractivity contribution in [1.82, 2.24) is 14.3 Å². The van der Waals surface area contributed by atoms with E-state index in [4.69, 9.17) is 0 Å². The molecule has 2 aromatic rings. The number of imidazole rings is 1. The molecular weight excluding hydrogens is 342 g/mol. The second-order valence-electron chi connectivity index (χ2n) is 4.90. The molecule has 0 radical (unpaired) electrons. The van der Waals surface area contributed by atoms with Crippen LogP contribution in [0.15, 0.2) is 41.8 Å². The number of benzene rings is 1. The molecule has 0 bridgehead atoms. The van der Waals surface area contributed by atoms with E-state index in [1.807, 2.05) is 24.3 Å². The lowest BCUT2D eigenvalue weighted by atomic mass is 10.1. The Kier molecular flexibility index (Phi) is 3.43. The lowest BCUT2D eigenvalue weighted by molar-refractivity contribution is 0.556. The van der Waals surface area contributed by atoms with E-state index in [1.165, 1.54) is 18.1 Å². The summed E-state index contributed by atoms with van der Waals surface area (Å²) in [5, 5.41) is 0.0454. The zero-order valence-electron chi connectivity index (χ0n) is 10.8. The largest absolute Gasteiger partial charge is 0.339 e. The highest BCUT2D eigenvalue weighted by atomic mass is 79.9. The molecular formula is C13H14BrN3O2S. The number of hydrogen-bond acceptors (Lipinski definition) is 3. The summed E-state index contributed by atoms with van der Waals surface area (Å²) in [6.07, 6.45) is 3.78. The molecule has 1 aliphatic carbocycles. The standard InChI is InChI=1S/C13H14BrN3O2S/c1-17-7-12(15-8-17)20(18,19)16-13-10-5-3-2-4-9(10)6-11(13)14/h2-5,7-8,11,13,16H,6H2,1H3. The van der Waals surface area contributed by atoms with E-state index in [0.29, 0.717) is 0 Å². The number of alkyl halides is 1. The van der Waals surface area contributed by atoms with Crippen molar-refractivity contribution in [3.05, 3.63) is 47.9 Å². The maximum absolute atomic E-state index is 12.3. The number of sulfonamides is 1. The van der Waals surface area contributed by atoms with Crippen LogP contribution >= 0.6 is 15.9 Å². The molecule has 1 aliphatic rings. The van der Waals surface area contributed by atoms with E-state index >= 15 is 0 Å². The molecule has 0 saturated carbocycles. The van der Waals surface area contributed by atoms with E-state index in [-0.39, 0.29) is 15.9 Å². The minimum absolute atomic E-state index is 0.0454. The fourth-order valence-electron chi connectivity index (χ4n) is 2.44. The lowest BCUT2D eigenvalue weighted by Crippen LogP contribution is -2.32. The van der Waals surface area contributed by atoms with E-state index in [9.17, 15) is 8.42 Å². The first-order valence-corrected chi connectivity index (χ1v) is 8.59. The number of nitrogens with one attached hydrogen (secondary N) is 1. The van der Waals surface area contributed by atoms with Gasteiger partial charge < -0.3 is 4.57 Å². The number of halogens is 1. The summed E-state index contributed by atoms with van der Waals surface area (Å²) in [4.78, 5) is 3.96. The number of nitrogens with zero attached hydrogens (tertiary/aromatic N) is 2. The highest BCUT2D eigenvalue weighted by Gasteiger charge is 2.34. The minimum Gasteiger partial charge on any atom is -0.339 e. The first-order valence-electron chi connectivity index (χ1n) is 6.19. The van der Waals surface area contributed by atoms with Crippen molar-refractivity contribution in [3.8, 4) is 0 Å². The molecule has 106 valence electrons. The van der Waals surface area contributed by atoms with Crippen LogP contribution in [0, 0.1) is 0 Å². The highest BCUT2D eigenvalue weighted by molar-refractivity contribution is 9.09. The average Bonchev–Trinajstić information content (AvgIpc) is 2.95. The van der Waals surface area contributed by atoms with Gasteiger partial charge in [-0.3, -0.25) is 0 Å². The smallest absolute Gasteiger partial charge is 0.260 e. The molecule has 0 amide bonds. The van der Waals surface area contributed by atoms with E-state index in [2.05, 4.69) is 25.6 Å². The Hall–Kier alpha value is -1.18. The van der Waals surface area contributed by atoms with E-state index < -0.39 is 10.0 Å². The van der Waals surface area contributed by atoms with Crippen molar-refractivity contribution in [1.29, 1.82) is 0 Å². The molecule has 7 heteroatoms. The SMILES string of the molecule is Cn1cnc(S(=O)(=O)NC2c3ccccc3CC2Br)c1. The molecule has 5 nitrogen and oxygen atoms in total. The molecule has 1 heterocycles. The van der Waals surface area contributed by atoms with Gasteiger partial charge in [-0.05, 0) is 17.5 Å². The highest BCUT2D eigenvalue weighted by Crippen LogP contribution is 2.36. The molecule has 0 fully saturated rings. The topological polar surface area (TPSA) is 64.0 Å². The summed E-state index contributed by atoms with van der Waals surface area (Å²) < 4.78 is 29.1. The molecule has 2 atom stereocenters. The molecule has 2 unspecified atom stereocenters. The quantitative estimate of drug-likeness (QED) is 0.853. The summed E-state index contributed by atoms with van der Waals surface area (Å²) in [5.74, 6) is 0. The first kappa shape index (κ1) is 13.8. The number of aryl methyl sites for hydroxylation is 1. The summed E-state index contributed by atoms with van der Waals surface area (Å²) >= 11 is 3.56. The van der Waals surface area contributed by atoms with Crippen LogP contribution < -0.4 is 4.72 Å². The predicted molar refractivity (Wildman–Crippen MR) is 79.1 cm³/mol. The van der Waals surface area contributed by atoms with Crippen LogP contribution in [-0.4, -0.2) is 22.8 Å². The molecule has 3 rings (SSSR count). The van der Waals surface area contributed by atoms with Gasteiger partial charge in [-0.2, -0.15) is 0 Å². The zero-order valence-corrected chi connectivity index (χ0v) is 13.2. The van der Waals surface area contributed by atoms with Gasteiger partial charge in [0.25, 0.3) is 10.0 Å². The van der Waals surface area contributed by atoms with Crippen LogP contribution in [0.4, 0.5) is 0 Å². The molecule has 20 heavy (non-hydrogen) atoms. The summed E-state index contributed by atoms with van der Waals surface area (Å²) in [6.45, 7) is 0. The average molecular weight is 356 g/mol. The number of hydrogen-bond donors (Lipinski definition) is 1. The normalized spacial score (nSPS) is 21.9. The van der Waals surface area contributed by atoms with Gasteiger partial charge in [0, 0.05) is 18.1 Å². The van der Waals surface area contributed by atoms with Gasteiger partial charge in [0.15, 0.2) is 5.03 Å². The third-order valence-electron chi connectivity index (χ3n) is 3.41. The van der Waals surface area contributed by atoms with Crippen molar-refractivity contribution in [2.24, 2.45) is 7.05 Å². The summed E-state index contributed by atoms with van der Waals surface area (Å²) in [5.41, 5.74) is 2.19. The van der Waals surface area contributed by atoms with Crippen LogP contribution in [0.1, 0.15) is 17.2 Å². The Morgan fingerprint density at radius 1 is 1.40 bits per heavy atom. The maximum atomic E-state index is 12.3. The van der Waals surface area contributed by atoms with Crippen LogP contribution in [0.2, 0.25) is 0 Å². The first-order chi connectivity index (χ1) is 9.47. The van der Waals surface area contributed by atoms with Gasteiger partial charge in [0.2, 0.25) is 0 Å². The molecule has 1 aromatic carbocycles. The Bertz CT molecular complexity index is 742. The van der Waals surface area contributed by atoms with Gasteiger partial charge in [0.05, 0.1) is 12.4 Å². The third kappa shape index (κ3) is 2.41. The Morgan fingerprint density at radius 2 is 2.15 bits per heavy atom. The fourth-order valence-corrected chi connectivity index (χ4v) is 4.62. The summed E-state index contributed by atoms with van der Waals surface area (Å²) in [7, 11) is -1.87. The van der Waals surface area contributed by atoms with Crippen LogP contribution in [-0.2, 0) is 23.5 Å². The third-order valence-corrected chi connectivity index (χ3v) is 5.58. The van der Waals surface area contributed by atoms with Gasteiger partial charge >= 0.3 is 0 Å². The predicted octanol–water partition coefficient (Wildman–Crippen LogP) is 1.76. The van der Waals surface area contributed by atoms with Crippen molar-refractivity contribution in [2.75, 3.05) is 0 Å². The molecule has 0 saturated heterocycles. The number of fused-ring (bicyclic) bond motifs is 1.